The lowest BCUT2D eigenvalue weighted by Gasteiger charge is -2.35. The maximum absolute atomic E-state index is 5.99. The van der Waals surface area contributed by atoms with Crippen LogP contribution in [-0.2, 0) is 4.74 Å². The van der Waals surface area contributed by atoms with Gasteiger partial charge >= 0.3 is 0 Å². The van der Waals surface area contributed by atoms with Crippen molar-refractivity contribution in [1.29, 1.82) is 0 Å². The first-order chi connectivity index (χ1) is 7.29. The Morgan fingerprint density at radius 1 is 1.60 bits per heavy atom. The molecule has 1 aromatic heterocycles. The van der Waals surface area contributed by atoms with Crippen LogP contribution in [0, 0.1) is 0 Å². The molecule has 0 bridgehead atoms. The predicted octanol–water partition coefficient (Wildman–Crippen LogP) is 2.71. The Kier molecular flexibility index (Phi) is 3.44. The molecule has 0 saturated heterocycles. The fraction of sp³-hybridized carbons (Fsp3) is 0.545. The van der Waals surface area contributed by atoms with Gasteiger partial charge in [0.15, 0.2) is 0 Å². The van der Waals surface area contributed by atoms with Crippen molar-refractivity contribution < 1.29 is 4.74 Å². The minimum absolute atomic E-state index is 0.412. The van der Waals surface area contributed by atoms with E-state index in [9.17, 15) is 0 Å². The highest BCUT2D eigenvalue weighted by Gasteiger charge is 2.29. The molecule has 0 spiro atoms. The molecule has 1 aromatic rings. The number of aromatic nitrogens is 1. The van der Waals surface area contributed by atoms with Crippen LogP contribution >= 0.6 is 11.6 Å². The van der Waals surface area contributed by atoms with Crippen LogP contribution < -0.4 is 5.32 Å². The minimum atomic E-state index is 0.412. The molecule has 0 aliphatic heterocycles. The van der Waals surface area contributed by atoms with Crippen LogP contribution in [0.15, 0.2) is 18.3 Å². The molecule has 2 rings (SSSR count). The molecule has 1 N–H and O–H groups in total. The molecule has 82 valence electrons. The van der Waals surface area contributed by atoms with E-state index in [0.717, 1.165) is 25.3 Å². The van der Waals surface area contributed by atoms with Crippen molar-refractivity contribution in [2.45, 2.75) is 31.9 Å². The number of halogens is 1. The van der Waals surface area contributed by atoms with Crippen molar-refractivity contribution in [3.8, 4) is 0 Å². The van der Waals surface area contributed by atoms with Crippen LogP contribution in [-0.4, -0.2) is 23.7 Å². The Balaban J connectivity index is 1.82. The summed E-state index contributed by atoms with van der Waals surface area (Å²) in [6, 6.07) is 4.13. The van der Waals surface area contributed by atoms with E-state index in [0.29, 0.717) is 17.2 Å². The first kappa shape index (κ1) is 10.7. The van der Waals surface area contributed by atoms with Crippen LogP contribution in [0.5, 0.6) is 0 Å². The second-order valence-corrected chi connectivity index (χ2v) is 4.13. The van der Waals surface area contributed by atoms with Crippen LogP contribution in [0.4, 0.5) is 5.82 Å². The Morgan fingerprint density at radius 2 is 2.40 bits per heavy atom. The largest absolute Gasteiger partial charge is 0.378 e. The average molecular weight is 227 g/mol. The van der Waals surface area contributed by atoms with E-state index >= 15 is 0 Å². The molecular formula is C11H15ClN2O. The SMILES string of the molecule is CCOC1CC(Nc2ncccc2Cl)C1. The molecule has 1 aliphatic rings. The summed E-state index contributed by atoms with van der Waals surface area (Å²) in [7, 11) is 0. The van der Waals surface area contributed by atoms with Crippen molar-refractivity contribution in [3.63, 3.8) is 0 Å². The van der Waals surface area contributed by atoms with Crippen molar-refractivity contribution in [2.24, 2.45) is 0 Å². The molecular weight excluding hydrogens is 212 g/mol. The van der Waals surface area contributed by atoms with E-state index < -0.39 is 0 Å². The monoisotopic (exact) mass is 226 g/mol. The number of nitrogens with zero attached hydrogens (tertiary/aromatic N) is 1. The maximum Gasteiger partial charge on any atom is 0.144 e. The Hall–Kier alpha value is -0.800. The van der Waals surface area contributed by atoms with E-state index in [1.165, 1.54) is 0 Å². The summed E-state index contributed by atoms with van der Waals surface area (Å²) in [5.41, 5.74) is 0. The van der Waals surface area contributed by atoms with Gasteiger partial charge in [-0.05, 0) is 31.9 Å². The van der Waals surface area contributed by atoms with Crippen LogP contribution in [0.3, 0.4) is 0 Å². The van der Waals surface area contributed by atoms with Crippen molar-refractivity contribution in [2.75, 3.05) is 11.9 Å². The molecule has 1 heterocycles. The smallest absolute Gasteiger partial charge is 0.144 e. The van der Waals surface area contributed by atoms with Gasteiger partial charge in [-0.2, -0.15) is 0 Å². The number of rotatable bonds is 4. The maximum atomic E-state index is 5.99. The van der Waals surface area contributed by atoms with Crippen molar-refractivity contribution >= 4 is 17.4 Å². The summed E-state index contributed by atoms with van der Waals surface area (Å²) in [6.45, 7) is 2.82. The molecule has 1 aliphatic carbocycles. The molecule has 15 heavy (non-hydrogen) atoms. The Morgan fingerprint density at radius 3 is 3.07 bits per heavy atom. The lowest BCUT2D eigenvalue weighted by Crippen LogP contribution is -2.41. The van der Waals surface area contributed by atoms with Gasteiger partial charge < -0.3 is 10.1 Å². The highest BCUT2D eigenvalue weighted by molar-refractivity contribution is 6.32. The number of hydrogen-bond acceptors (Lipinski definition) is 3. The van der Waals surface area contributed by atoms with Gasteiger partial charge in [0, 0.05) is 18.8 Å². The van der Waals surface area contributed by atoms with E-state index in [-0.39, 0.29) is 0 Å². The van der Waals surface area contributed by atoms with Crippen LogP contribution in [0.1, 0.15) is 19.8 Å². The zero-order valence-electron chi connectivity index (χ0n) is 8.74. The quantitative estimate of drug-likeness (QED) is 0.857. The highest BCUT2D eigenvalue weighted by Crippen LogP contribution is 2.28. The van der Waals surface area contributed by atoms with Gasteiger partial charge in [0.25, 0.3) is 0 Å². The fourth-order valence-corrected chi connectivity index (χ4v) is 1.92. The first-order valence-electron chi connectivity index (χ1n) is 5.28. The topological polar surface area (TPSA) is 34.1 Å². The molecule has 0 unspecified atom stereocenters. The average Bonchev–Trinajstić information content (AvgIpc) is 2.18. The standard InChI is InChI=1S/C11H15ClN2O/c1-2-15-9-6-8(7-9)14-11-10(12)4-3-5-13-11/h3-5,8-9H,2,6-7H2,1H3,(H,13,14). The van der Waals surface area contributed by atoms with Crippen molar-refractivity contribution in [3.05, 3.63) is 23.4 Å². The van der Waals surface area contributed by atoms with Gasteiger partial charge in [0.1, 0.15) is 5.82 Å². The van der Waals surface area contributed by atoms with E-state index in [2.05, 4.69) is 10.3 Å². The van der Waals surface area contributed by atoms with Gasteiger partial charge in [-0.3, -0.25) is 0 Å². The minimum Gasteiger partial charge on any atom is -0.378 e. The Bertz CT molecular complexity index is 326. The number of anilines is 1. The summed E-state index contributed by atoms with van der Waals surface area (Å²) in [6.07, 6.45) is 4.24. The normalized spacial score (nSPS) is 24.7. The summed E-state index contributed by atoms with van der Waals surface area (Å²) in [5, 5.41) is 3.99. The highest BCUT2D eigenvalue weighted by atomic mass is 35.5. The molecule has 1 saturated carbocycles. The molecule has 0 aromatic carbocycles. The molecule has 0 amide bonds. The molecule has 3 nitrogen and oxygen atoms in total. The van der Waals surface area contributed by atoms with Crippen molar-refractivity contribution in [1.82, 2.24) is 4.98 Å². The second-order valence-electron chi connectivity index (χ2n) is 3.72. The molecule has 0 atom stereocenters. The van der Waals surface area contributed by atoms with Gasteiger partial charge in [-0.1, -0.05) is 11.6 Å². The first-order valence-corrected chi connectivity index (χ1v) is 5.66. The third-order valence-corrected chi connectivity index (χ3v) is 2.90. The zero-order chi connectivity index (χ0) is 10.7. The van der Waals surface area contributed by atoms with Gasteiger partial charge in [-0.25, -0.2) is 4.98 Å². The fourth-order valence-electron chi connectivity index (χ4n) is 1.74. The number of hydrogen-bond donors (Lipinski definition) is 1. The molecule has 4 heteroatoms. The van der Waals surface area contributed by atoms with Gasteiger partial charge in [-0.15, -0.1) is 0 Å². The molecule has 0 radical (unpaired) electrons. The number of ether oxygens (including phenoxy) is 1. The molecule has 1 fully saturated rings. The third-order valence-electron chi connectivity index (χ3n) is 2.60. The summed E-state index contributed by atoms with van der Waals surface area (Å²) < 4.78 is 5.48. The van der Waals surface area contributed by atoms with E-state index in [4.69, 9.17) is 16.3 Å². The summed E-state index contributed by atoms with van der Waals surface area (Å²) >= 11 is 5.99. The lowest BCUT2D eigenvalue weighted by atomic mass is 9.89. The van der Waals surface area contributed by atoms with Gasteiger partial charge in [0.2, 0.25) is 0 Å². The van der Waals surface area contributed by atoms with Crippen LogP contribution in [0.25, 0.3) is 0 Å². The predicted molar refractivity (Wildman–Crippen MR) is 61.3 cm³/mol. The zero-order valence-corrected chi connectivity index (χ0v) is 9.50. The van der Waals surface area contributed by atoms with E-state index in [1.807, 2.05) is 19.1 Å². The van der Waals surface area contributed by atoms with Gasteiger partial charge in [0.05, 0.1) is 11.1 Å². The number of nitrogens with one attached hydrogen (secondary N) is 1. The number of pyridine rings is 1. The lowest BCUT2D eigenvalue weighted by molar-refractivity contribution is 0.00293. The second kappa shape index (κ2) is 4.81. The Labute approximate surface area is 94.8 Å². The van der Waals surface area contributed by atoms with E-state index in [1.54, 1.807) is 6.20 Å². The van der Waals surface area contributed by atoms with Crippen LogP contribution in [0.2, 0.25) is 5.02 Å². The summed E-state index contributed by atoms with van der Waals surface area (Å²) in [4.78, 5) is 4.19. The third kappa shape index (κ3) is 2.61. The summed E-state index contributed by atoms with van der Waals surface area (Å²) in [5.74, 6) is 0.777.